The van der Waals surface area contributed by atoms with E-state index < -0.39 is 0 Å². The molecule has 0 aliphatic carbocycles. The normalized spacial score (nSPS) is 11.3. The highest BCUT2D eigenvalue weighted by molar-refractivity contribution is 5.76. The maximum atomic E-state index is 11.7. The summed E-state index contributed by atoms with van der Waals surface area (Å²) in [5, 5.41) is 6.58. The zero-order chi connectivity index (χ0) is 15.9. The van der Waals surface area contributed by atoms with Crippen molar-refractivity contribution in [3.8, 4) is 0 Å². The lowest BCUT2D eigenvalue weighted by molar-refractivity contribution is -0.121. The third-order valence-corrected chi connectivity index (χ3v) is 3.80. The molecule has 3 nitrogen and oxygen atoms in total. The van der Waals surface area contributed by atoms with Crippen molar-refractivity contribution in [1.82, 2.24) is 10.6 Å². The predicted octanol–water partition coefficient (Wildman–Crippen LogP) is 4.27. The van der Waals surface area contributed by atoms with Crippen LogP contribution < -0.4 is 10.6 Å². The van der Waals surface area contributed by atoms with Gasteiger partial charge in [-0.15, -0.1) is 0 Å². The molecule has 0 heterocycles. The minimum atomic E-state index is 0.178. The number of amides is 1. The molecule has 1 amide bonds. The molecule has 0 saturated carbocycles. The van der Waals surface area contributed by atoms with E-state index in [9.17, 15) is 4.79 Å². The SMILES string of the molecule is CCCCCC(CCCCC)NCCC(=O)NCC(C)C. The highest BCUT2D eigenvalue weighted by Gasteiger charge is 2.09. The lowest BCUT2D eigenvalue weighted by Crippen LogP contribution is -2.34. The largest absolute Gasteiger partial charge is 0.356 e. The molecule has 0 aliphatic rings. The second-order valence-corrected chi connectivity index (χ2v) is 6.59. The first-order valence-corrected chi connectivity index (χ1v) is 9.10. The van der Waals surface area contributed by atoms with Crippen molar-refractivity contribution in [2.24, 2.45) is 5.92 Å². The van der Waals surface area contributed by atoms with Gasteiger partial charge in [0, 0.05) is 25.6 Å². The fourth-order valence-corrected chi connectivity index (χ4v) is 2.43. The Morgan fingerprint density at radius 3 is 2.00 bits per heavy atom. The minimum Gasteiger partial charge on any atom is -0.356 e. The molecular formula is C18H38N2O. The summed E-state index contributed by atoms with van der Waals surface area (Å²) < 4.78 is 0. The molecule has 0 aromatic carbocycles. The Morgan fingerprint density at radius 2 is 1.52 bits per heavy atom. The number of rotatable bonds is 14. The molecule has 0 radical (unpaired) electrons. The molecule has 2 N–H and O–H groups in total. The Balaban J connectivity index is 3.83. The van der Waals surface area contributed by atoms with Crippen molar-refractivity contribution in [1.29, 1.82) is 0 Å². The zero-order valence-electron chi connectivity index (χ0n) is 14.8. The van der Waals surface area contributed by atoms with Crippen molar-refractivity contribution in [2.45, 2.75) is 91.5 Å². The van der Waals surface area contributed by atoms with Crippen molar-refractivity contribution in [3.63, 3.8) is 0 Å². The lowest BCUT2D eigenvalue weighted by atomic mass is 10.0. The van der Waals surface area contributed by atoms with Gasteiger partial charge in [0.25, 0.3) is 0 Å². The molecule has 0 saturated heterocycles. The molecule has 0 aliphatic heterocycles. The van der Waals surface area contributed by atoms with E-state index in [1.807, 2.05) is 0 Å². The number of carbonyl (C=O) groups is 1. The molecule has 0 fully saturated rings. The summed E-state index contributed by atoms with van der Waals surface area (Å²) in [7, 11) is 0. The highest BCUT2D eigenvalue weighted by Crippen LogP contribution is 2.11. The quantitative estimate of drug-likeness (QED) is 0.470. The van der Waals surface area contributed by atoms with Gasteiger partial charge in [-0.2, -0.15) is 0 Å². The van der Waals surface area contributed by atoms with Gasteiger partial charge in [-0.1, -0.05) is 66.2 Å². The van der Waals surface area contributed by atoms with Crippen LogP contribution in [0.25, 0.3) is 0 Å². The predicted molar refractivity (Wildman–Crippen MR) is 92.5 cm³/mol. The van der Waals surface area contributed by atoms with E-state index in [-0.39, 0.29) is 5.91 Å². The highest BCUT2D eigenvalue weighted by atomic mass is 16.1. The summed E-state index contributed by atoms with van der Waals surface area (Å²) in [6.45, 7) is 10.3. The van der Waals surface area contributed by atoms with E-state index in [0.717, 1.165) is 13.1 Å². The minimum absolute atomic E-state index is 0.178. The van der Waals surface area contributed by atoms with Gasteiger partial charge in [0.05, 0.1) is 0 Å². The van der Waals surface area contributed by atoms with Gasteiger partial charge in [0.2, 0.25) is 5.91 Å². The Kier molecular flexibility index (Phi) is 14.0. The molecule has 0 aromatic heterocycles. The lowest BCUT2D eigenvalue weighted by Gasteiger charge is -2.18. The van der Waals surface area contributed by atoms with Crippen LogP contribution in [-0.4, -0.2) is 25.0 Å². The van der Waals surface area contributed by atoms with Gasteiger partial charge in [0.15, 0.2) is 0 Å². The van der Waals surface area contributed by atoms with Crippen molar-refractivity contribution in [2.75, 3.05) is 13.1 Å². The van der Waals surface area contributed by atoms with Crippen molar-refractivity contribution in [3.05, 3.63) is 0 Å². The summed E-state index contributed by atoms with van der Waals surface area (Å²) >= 11 is 0. The number of carbonyl (C=O) groups excluding carboxylic acids is 1. The molecule has 0 rings (SSSR count). The van der Waals surface area contributed by atoms with Crippen LogP contribution in [0.4, 0.5) is 0 Å². The topological polar surface area (TPSA) is 41.1 Å². The van der Waals surface area contributed by atoms with Gasteiger partial charge in [0.1, 0.15) is 0 Å². The number of hydrogen-bond acceptors (Lipinski definition) is 2. The summed E-state index contributed by atoms with van der Waals surface area (Å²) in [6.07, 6.45) is 10.9. The molecule has 0 aromatic rings. The molecule has 0 spiro atoms. The Labute approximate surface area is 132 Å². The Bertz CT molecular complexity index is 231. The van der Waals surface area contributed by atoms with Crippen LogP contribution >= 0.6 is 0 Å². The molecular weight excluding hydrogens is 260 g/mol. The Hall–Kier alpha value is -0.570. The number of unbranched alkanes of at least 4 members (excludes halogenated alkanes) is 4. The van der Waals surface area contributed by atoms with Crippen molar-refractivity contribution < 1.29 is 4.79 Å². The van der Waals surface area contributed by atoms with E-state index in [4.69, 9.17) is 0 Å². The van der Waals surface area contributed by atoms with Crippen LogP contribution in [-0.2, 0) is 4.79 Å². The molecule has 126 valence electrons. The molecule has 0 atom stereocenters. The Morgan fingerprint density at radius 1 is 0.952 bits per heavy atom. The van der Waals surface area contributed by atoms with Crippen LogP contribution in [0.5, 0.6) is 0 Å². The molecule has 21 heavy (non-hydrogen) atoms. The van der Waals surface area contributed by atoms with Crippen LogP contribution in [0.1, 0.15) is 85.5 Å². The van der Waals surface area contributed by atoms with Crippen LogP contribution in [0.2, 0.25) is 0 Å². The van der Waals surface area contributed by atoms with Crippen LogP contribution in [0, 0.1) is 5.92 Å². The first-order chi connectivity index (χ1) is 10.1. The molecule has 3 heteroatoms. The number of hydrogen-bond donors (Lipinski definition) is 2. The molecule has 0 unspecified atom stereocenters. The summed E-state index contributed by atoms with van der Waals surface area (Å²) in [5.41, 5.74) is 0. The van der Waals surface area contributed by atoms with Gasteiger partial charge < -0.3 is 10.6 Å². The van der Waals surface area contributed by atoms with Gasteiger partial charge in [-0.3, -0.25) is 4.79 Å². The standard InChI is InChI=1S/C18H38N2O/c1-5-7-9-11-17(12-10-8-6-2)19-14-13-18(21)20-15-16(3)4/h16-17,19H,5-15H2,1-4H3,(H,20,21). The smallest absolute Gasteiger partial charge is 0.221 e. The third-order valence-electron chi connectivity index (χ3n) is 3.80. The second kappa shape index (κ2) is 14.4. The van der Waals surface area contributed by atoms with Crippen LogP contribution in [0.3, 0.4) is 0 Å². The first-order valence-electron chi connectivity index (χ1n) is 9.10. The zero-order valence-corrected chi connectivity index (χ0v) is 14.8. The van der Waals surface area contributed by atoms with Crippen molar-refractivity contribution >= 4 is 5.91 Å². The summed E-state index contributed by atoms with van der Waals surface area (Å²) in [5.74, 6) is 0.704. The second-order valence-electron chi connectivity index (χ2n) is 6.59. The van der Waals surface area contributed by atoms with E-state index in [2.05, 4.69) is 38.3 Å². The van der Waals surface area contributed by atoms with E-state index in [1.165, 1.54) is 51.4 Å². The maximum Gasteiger partial charge on any atom is 0.221 e. The van der Waals surface area contributed by atoms with E-state index in [1.54, 1.807) is 0 Å². The summed E-state index contributed by atoms with van der Waals surface area (Å²) in [4.78, 5) is 11.7. The monoisotopic (exact) mass is 298 g/mol. The van der Waals surface area contributed by atoms with Gasteiger partial charge in [-0.25, -0.2) is 0 Å². The fourth-order valence-electron chi connectivity index (χ4n) is 2.43. The third kappa shape index (κ3) is 14.1. The van der Waals surface area contributed by atoms with E-state index in [0.29, 0.717) is 18.4 Å². The average molecular weight is 299 g/mol. The summed E-state index contributed by atoms with van der Waals surface area (Å²) in [6, 6.07) is 0.598. The van der Waals surface area contributed by atoms with E-state index >= 15 is 0 Å². The number of nitrogens with one attached hydrogen (secondary N) is 2. The average Bonchev–Trinajstić information content (AvgIpc) is 2.45. The maximum absolute atomic E-state index is 11.7. The fraction of sp³-hybridized carbons (Fsp3) is 0.944. The molecule has 0 bridgehead atoms. The van der Waals surface area contributed by atoms with Crippen LogP contribution in [0.15, 0.2) is 0 Å². The van der Waals surface area contributed by atoms with Gasteiger partial charge >= 0.3 is 0 Å². The first kappa shape index (κ1) is 20.4. The van der Waals surface area contributed by atoms with Gasteiger partial charge in [-0.05, 0) is 18.8 Å².